The average Bonchev–Trinajstić information content (AvgIpc) is 3.02. The normalized spacial score (nSPS) is 16.0. The lowest BCUT2D eigenvalue weighted by atomic mass is 9.90. The van der Waals surface area contributed by atoms with Crippen molar-refractivity contribution in [3.05, 3.63) is 68.6 Å². The van der Waals surface area contributed by atoms with Gasteiger partial charge in [-0.1, -0.05) is 35.6 Å². The van der Waals surface area contributed by atoms with Gasteiger partial charge in [0.2, 0.25) is 5.91 Å². The number of hydrogen-bond donors (Lipinski definition) is 0. The van der Waals surface area contributed by atoms with Gasteiger partial charge >= 0.3 is 11.5 Å². The van der Waals surface area contributed by atoms with E-state index in [2.05, 4.69) is 4.74 Å². The van der Waals surface area contributed by atoms with Gasteiger partial charge in [0, 0.05) is 19.4 Å². The van der Waals surface area contributed by atoms with Crippen molar-refractivity contribution in [3.8, 4) is 11.5 Å². The fraction of sp³-hybridized carbons (Fsp3) is 0.238. The molecule has 1 aliphatic rings. The lowest BCUT2D eigenvalue weighted by Crippen LogP contribution is -2.34. The highest BCUT2D eigenvalue weighted by Crippen LogP contribution is 2.45. The molecule has 0 aliphatic carbocycles. The molecule has 1 atom stereocenters. The van der Waals surface area contributed by atoms with Gasteiger partial charge in [-0.2, -0.15) is 8.78 Å². The molecule has 156 valence electrons. The maximum Gasteiger partial charge on any atom is 0.387 e. The van der Waals surface area contributed by atoms with Crippen LogP contribution in [-0.4, -0.2) is 24.2 Å². The average molecular weight is 432 g/mol. The first-order chi connectivity index (χ1) is 14.4. The Morgan fingerprint density at radius 3 is 2.50 bits per heavy atom. The number of carbonyl (C=O) groups is 1. The van der Waals surface area contributed by atoms with Crippen LogP contribution in [0.2, 0.25) is 0 Å². The van der Waals surface area contributed by atoms with Gasteiger partial charge in [-0.25, -0.2) is 0 Å². The van der Waals surface area contributed by atoms with Crippen LogP contribution in [0.3, 0.4) is 0 Å². The summed E-state index contributed by atoms with van der Waals surface area (Å²) < 4.78 is 36.4. The largest absolute Gasteiger partial charge is 0.493 e. The third kappa shape index (κ3) is 3.45. The molecule has 6 nitrogen and oxygen atoms in total. The van der Waals surface area contributed by atoms with Crippen LogP contribution in [0, 0.1) is 0 Å². The van der Waals surface area contributed by atoms with Crippen LogP contribution in [-0.2, 0) is 11.8 Å². The van der Waals surface area contributed by atoms with Crippen molar-refractivity contribution < 1.29 is 23.0 Å². The van der Waals surface area contributed by atoms with E-state index in [1.807, 2.05) is 30.3 Å². The summed E-state index contributed by atoms with van der Waals surface area (Å²) in [5.74, 6) is -0.00880. The lowest BCUT2D eigenvalue weighted by molar-refractivity contribution is -0.118. The number of aromatic nitrogens is 1. The van der Waals surface area contributed by atoms with Crippen LogP contribution in [0.4, 0.5) is 20.3 Å². The Kier molecular flexibility index (Phi) is 5.29. The molecule has 3 aromatic rings. The van der Waals surface area contributed by atoms with Gasteiger partial charge in [-0.15, -0.1) is 0 Å². The summed E-state index contributed by atoms with van der Waals surface area (Å²) in [5.41, 5.74) is 1.35. The quantitative estimate of drug-likeness (QED) is 0.605. The second-order valence-electron chi connectivity index (χ2n) is 6.73. The van der Waals surface area contributed by atoms with Gasteiger partial charge in [0.05, 0.1) is 17.7 Å². The van der Waals surface area contributed by atoms with Crippen LogP contribution in [0.5, 0.6) is 11.5 Å². The predicted octanol–water partition coefficient (Wildman–Crippen LogP) is 4.26. The molecule has 0 fully saturated rings. The summed E-state index contributed by atoms with van der Waals surface area (Å²) in [6.45, 7) is -2.98. The van der Waals surface area contributed by atoms with E-state index >= 15 is 0 Å². The number of nitrogens with zero attached hydrogens (tertiary/aromatic N) is 2. The third-order valence-corrected chi connectivity index (χ3v) is 6.12. The lowest BCUT2D eigenvalue weighted by Gasteiger charge is -2.32. The highest BCUT2D eigenvalue weighted by atomic mass is 32.1. The minimum atomic E-state index is -2.98. The van der Waals surface area contributed by atoms with E-state index in [0.717, 1.165) is 16.2 Å². The minimum Gasteiger partial charge on any atom is -0.493 e. The predicted molar refractivity (Wildman–Crippen MR) is 109 cm³/mol. The Morgan fingerprint density at radius 2 is 1.83 bits per heavy atom. The molecule has 0 spiro atoms. The molecule has 4 rings (SSSR count). The van der Waals surface area contributed by atoms with Crippen LogP contribution < -0.4 is 19.2 Å². The van der Waals surface area contributed by atoms with E-state index in [9.17, 15) is 18.4 Å². The number of anilines is 2. The van der Waals surface area contributed by atoms with E-state index in [1.165, 1.54) is 17.7 Å². The number of hydrogen-bond acceptors (Lipinski definition) is 5. The topological polar surface area (TPSA) is 60.8 Å². The molecule has 9 heteroatoms. The fourth-order valence-electron chi connectivity index (χ4n) is 3.63. The van der Waals surface area contributed by atoms with E-state index in [0.29, 0.717) is 17.1 Å². The first-order valence-corrected chi connectivity index (χ1v) is 9.92. The number of benzene rings is 2. The molecular weight excluding hydrogens is 414 g/mol. The van der Waals surface area contributed by atoms with Crippen molar-refractivity contribution in [3.63, 3.8) is 0 Å². The molecule has 2 aromatic carbocycles. The number of methoxy groups -OCH3 is 1. The minimum absolute atomic E-state index is 0.0919. The first-order valence-electron chi connectivity index (χ1n) is 9.11. The number of ether oxygens (including phenoxy) is 2. The molecule has 1 amide bonds. The number of para-hydroxylation sites is 1. The molecule has 2 heterocycles. The first kappa shape index (κ1) is 20.1. The molecule has 30 heavy (non-hydrogen) atoms. The van der Waals surface area contributed by atoms with E-state index in [1.54, 1.807) is 24.1 Å². The van der Waals surface area contributed by atoms with Crippen LogP contribution >= 0.6 is 11.3 Å². The van der Waals surface area contributed by atoms with Gasteiger partial charge in [-0.05, 0) is 29.8 Å². The van der Waals surface area contributed by atoms with Gasteiger partial charge in [-0.3, -0.25) is 19.1 Å². The summed E-state index contributed by atoms with van der Waals surface area (Å²) in [6.07, 6.45) is 0.125. The third-order valence-electron chi connectivity index (χ3n) is 4.99. The van der Waals surface area contributed by atoms with E-state index in [-0.39, 0.29) is 28.7 Å². The highest BCUT2D eigenvalue weighted by molar-refractivity contribution is 7.10. The Labute approximate surface area is 174 Å². The molecule has 1 aliphatic heterocycles. The zero-order valence-electron chi connectivity index (χ0n) is 16.2. The number of fused-ring (bicyclic) bond motifs is 1. The molecule has 0 bridgehead atoms. The number of halogens is 2. The van der Waals surface area contributed by atoms with Gasteiger partial charge in [0.15, 0.2) is 11.5 Å². The van der Waals surface area contributed by atoms with Crippen LogP contribution in [0.25, 0.3) is 0 Å². The number of carbonyl (C=O) groups excluding carboxylic acids is 1. The zero-order chi connectivity index (χ0) is 21.4. The Bertz CT molecular complexity index is 1140. The van der Waals surface area contributed by atoms with Crippen molar-refractivity contribution >= 4 is 28.7 Å². The van der Waals surface area contributed by atoms with Crippen LogP contribution in [0.15, 0.2) is 53.3 Å². The van der Waals surface area contributed by atoms with Gasteiger partial charge in [0.1, 0.15) is 5.82 Å². The summed E-state index contributed by atoms with van der Waals surface area (Å²) in [7, 11) is 2.98. The van der Waals surface area contributed by atoms with Crippen molar-refractivity contribution in [1.82, 2.24) is 4.57 Å². The smallest absolute Gasteiger partial charge is 0.387 e. The van der Waals surface area contributed by atoms with Crippen molar-refractivity contribution in [1.29, 1.82) is 0 Å². The Hall–Kier alpha value is -3.20. The molecule has 0 unspecified atom stereocenters. The van der Waals surface area contributed by atoms with Gasteiger partial charge < -0.3 is 9.47 Å². The Morgan fingerprint density at radius 1 is 1.10 bits per heavy atom. The molecule has 0 N–H and O–H groups in total. The fourth-order valence-corrected chi connectivity index (χ4v) is 4.72. The summed E-state index contributed by atoms with van der Waals surface area (Å²) in [5, 5.41) is 0. The van der Waals surface area contributed by atoms with E-state index in [4.69, 9.17) is 4.74 Å². The maximum atomic E-state index is 13.1. The second-order valence-corrected chi connectivity index (χ2v) is 7.72. The maximum absolute atomic E-state index is 13.1. The van der Waals surface area contributed by atoms with Crippen molar-refractivity contribution in [2.24, 2.45) is 7.05 Å². The molecule has 0 saturated heterocycles. The second kappa shape index (κ2) is 7.91. The number of amides is 1. The standard InChI is InChI=1S/C21H18F2N2O4S/c1-24-19-18(30-21(24)27)14(11-17(26)25(19)13-6-4-3-5-7-13)12-8-9-15(29-20(22)23)16(10-12)28-2/h3-10,14,20H,11H2,1-2H3/t14-/m1/s1. The Balaban J connectivity index is 1.82. The summed E-state index contributed by atoms with van der Waals surface area (Å²) in [4.78, 5) is 27.7. The highest BCUT2D eigenvalue weighted by Gasteiger charge is 2.37. The van der Waals surface area contributed by atoms with Crippen molar-refractivity contribution in [2.75, 3.05) is 12.0 Å². The van der Waals surface area contributed by atoms with Gasteiger partial charge in [0.25, 0.3) is 0 Å². The van der Waals surface area contributed by atoms with Crippen LogP contribution in [0.1, 0.15) is 22.8 Å². The van der Waals surface area contributed by atoms with E-state index < -0.39 is 12.5 Å². The molecule has 0 radical (unpaired) electrons. The molecular formula is C21H18F2N2O4S. The van der Waals surface area contributed by atoms with Crippen molar-refractivity contribution in [2.45, 2.75) is 19.0 Å². The number of alkyl halides is 2. The zero-order valence-corrected chi connectivity index (χ0v) is 17.0. The molecule has 0 saturated carbocycles. The summed E-state index contributed by atoms with van der Waals surface area (Å²) in [6, 6.07) is 13.7. The molecule has 1 aromatic heterocycles. The number of rotatable bonds is 5. The number of thiazole rings is 1. The summed E-state index contributed by atoms with van der Waals surface area (Å²) >= 11 is 1.07. The SMILES string of the molecule is COc1cc([C@H]2CC(=O)N(c3ccccc3)c3c2sc(=O)n3C)ccc1OC(F)F. The monoisotopic (exact) mass is 432 g/mol.